The van der Waals surface area contributed by atoms with Gasteiger partial charge in [0.2, 0.25) is 0 Å². The summed E-state index contributed by atoms with van der Waals surface area (Å²) in [6, 6.07) is 7.15. The highest BCUT2D eigenvalue weighted by atomic mass is 16.5. The van der Waals surface area contributed by atoms with E-state index in [9.17, 15) is 0 Å². The Morgan fingerprint density at radius 1 is 1.35 bits per heavy atom. The van der Waals surface area contributed by atoms with Crippen LogP contribution in [0.3, 0.4) is 0 Å². The fraction of sp³-hybridized carbons (Fsp3) is 0.571. The molecule has 1 fully saturated rings. The van der Waals surface area contributed by atoms with Crippen LogP contribution in [0.15, 0.2) is 18.2 Å². The normalized spacial score (nSPS) is 20.6. The number of ether oxygens (including phenoxy) is 1. The van der Waals surface area contributed by atoms with Crippen LogP contribution in [-0.2, 0) is 4.74 Å². The molecule has 0 saturated carbocycles. The number of nitrogens with zero attached hydrogens (tertiary/aromatic N) is 1. The monoisotopic (exact) mass is 234 g/mol. The highest BCUT2D eigenvalue weighted by Crippen LogP contribution is 2.22. The van der Waals surface area contributed by atoms with Crippen molar-refractivity contribution in [2.24, 2.45) is 0 Å². The smallest absolute Gasteiger partial charge is 0.0683 e. The first kappa shape index (κ1) is 12.4. The summed E-state index contributed by atoms with van der Waals surface area (Å²) in [5.41, 5.74) is 4.03. The van der Waals surface area contributed by atoms with E-state index < -0.39 is 0 Å². The van der Waals surface area contributed by atoms with E-state index >= 15 is 0 Å². The van der Waals surface area contributed by atoms with Crippen LogP contribution in [-0.4, -0.2) is 39.4 Å². The molecule has 0 amide bonds. The van der Waals surface area contributed by atoms with E-state index in [2.05, 4.69) is 42.3 Å². The number of anilines is 1. The predicted molar refractivity (Wildman–Crippen MR) is 71.8 cm³/mol. The third-order valence-electron chi connectivity index (χ3n) is 3.49. The van der Waals surface area contributed by atoms with Gasteiger partial charge in [0.25, 0.3) is 0 Å². The van der Waals surface area contributed by atoms with Gasteiger partial charge in [-0.1, -0.05) is 6.07 Å². The first-order chi connectivity index (χ1) is 8.22. The van der Waals surface area contributed by atoms with Crippen molar-refractivity contribution < 1.29 is 4.74 Å². The number of hydrogen-bond acceptors (Lipinski definition) is 3. The molecule has 0 aromatic heterocycles. The van der Waals surface area contributed by atoms with Crippen molar-refractivity contribution in [3.63, 3.8) is 0 Å². The van der Waals surface area contributed by atoms with Crippen LogP contribution in [0.25, 0.3) is 0 Å². The molecule has 1 saturated heterocycles. The molecule has 1 aromatic rings. The van der Waals surface area contributed by atoms with Crippen molar-refractivity contribution in [3.05, 3.63) is 29.3 Å². The molecule has 3 heteroatoms. The predicted octanol–water partition coefficient (Wildman–Crippen LogP) is 1.73. The number of rotatable bonds is 3. The molecule has 0 bridgehead atoms. The van der Waals surface area contributed by atoms with Crippen molar-refractivity contribution in [1.82, 2.24) is 5.32 Å². The lowest BCUT2D eigenvalue weighted by Crippen LogP contribution is -2.50. The van der Waals surface area contributed by atoms with Gasteiger partial charge in [-0.25, -0.2) is 0 Å². The molecule has 1 unspecified atom stereocenters. The summed E-state index contributed by atoms with van der Waals surface area (Å²) in [6.07, 6.45) is 0. The summed E-state index contributed by atoms with van der Waals surface area (Å²) < 4.78 is 5.56. The Hall–Kier alpha value is -1.06. The summed E-state index contributed by atoms with van der Waals surface area (Å²) in [4.78, 5) is 2.45. The van der Waals surface area contributed by atoms with Crippen LogP contribution in [0.2, 0.25) is 0 Å². The van der Waals surface area contributed by atoms with Gasteiger partial charge < -0.3 is 15.0 Å². The third kappa shape index (κ3) is 2.79. The standard InChI is InChI=1S/C14H22N2O/c1-11-4-5-13(8-12(11)2)16-6-7-17-10-14(16)9-15-3/h4-5,8,14-15H,6-7,9-10H2,1-3H3. The molecular formula is C14H22N2O. The Morgan fingerprint density at radius 3 is 2.88 bits per heavy atom. The van der Waals surface area contributed by atoms with E-state index in [1.54, 1.807) is 0 Å². The van der Waals surface area contributed by atoms with Crippen molar-refractivity contribution >= 4 is 5.69 Å². The Labute approximate surface area is 104 Å². The molecule has 17 heavy (non-hydrogen) atoms. The van der Waals surface area contributed by atoms with E-state index in [0.29, 0.717) is 6.04 Å². The lowest BCUT2D eigenvalue weighted by molar-refractivity contribution is 0.0943. The van der Waals surface area contributed by atoms with Crippen molar-refractivity contribution in [2.45, 2.75) is 19.9 Å². The van der Waals surface area contributed by atoms with E-state index in [4.69, 9.17) is 4.74 Å². The molecule has 1 heterocycles. The molecule has 0 aliphatic carbocycles. The molecule has 1 aromatic carbocycles. The maximum Gasteiger partial charge on any atom is 0.0683 e. The van der Waals surface area contributed by atoms with Gasteiger partial charge in [0.15, 0.2) is 0 Å². The molecule has 94 valence electrons. The van der Waals surface area contributed by atoms with Crippen molar-refractivity contribution in [1.29, 1.82) is 0 Å². The Morgan fingerprint density at radius 2 is 2.18 bits per heavy atom. The van der Waals surface area contributed by atoms with Crippen molar-refractivity contribution in [2.75, 3.05) is 38.3 Å². The fourth-order valence-electron chi connectivity index (χ4n) is 2.30. The second kappa shape index (κ2) is 5.52. The zero-order valence-electron chi connectivity index (χ0n) is 11.0. The van der Waals surface area contributed by atoms with Gasteiger partial charge in [0, 0.05) is 18.8 Å². The largest absolute Gasteiger partial charge is 0.377 e. The van der Waals surface area contributed by atoms with E-state index in [0.717, 1.165) is 26.3 Å². The summed E-state index contributed by atoms with van der Waals surface area (Å²) in [7, 11) is 1.99. The van der Waals surface area contributed by atoms with Gasteiger partial charge >= 0.3 is 0 Å². The molecule has 1 atom stereocenters. The highest BCUT2D eigenvalue weighted by molar-refractivity contribution is 5.51. The van der Waals surface area contributed by atoms with Crippen LogP contribution in [0, 0.1) is 13.8 Å². The Kier molecular flexibility index (Phi) is 4.02. The lowest BCUT2D eigenvalue weighted by atomic mass is 10.1. The first-order valence-corrected chi connectivity index (χ1v) is 6.28. The second-order valence-electron chi connectivity index (χ2n) is 4.75. The molecule has 0 radical (unpaired) electrons. The molecule has 1 N–H and O–H groups in total. The molecule has 1 aliphatic heterocycles. The molecular weight excluding hydrogens is 212 g/mol. The molecule has 1 aliphatic rings. The van der Waals surface area contributed by atoms with Crippen LogP contribution < -0.4 is 10.2 Å². The van der Waals surface area contributed by atoms with Gasteiger partial charge in [-0.2, -0.15) is 0 Å². The SMILES string of the molecule is CNCC1COCCN1c1ccc(C)c(C)c1. The Bertz CT molecular complexity index is 376. The van der Waals surface area contributed by atoms with Gasteiger partial charge in [-0.15, -0.1) is 0 Å². The lowest BCUT2D eigenvalue weighted by Gasteiger charge is -2.37. The Balaban J connectivity index is 2.20. The van der Waals surface area contributed by atoms with Crippen LogP contribution >= 0.6 is 0 Å². The average Bonchev–Trinajstić information content (AvgIpc) is 2.34. The minimum atomic E-state index is 0.441. The topological polar surface area (TPSA) is 24.5 Å². The molecule has 3 nitrogen and oxygen atoms in total. The van der Waals surface area contributed by atoms with Gasteiger partial charge in [-0.05, 0) is 44.2 Å². The summed E-state index contributed by atoms with van der Waals surface area (Å²) in [5.74, 6) is 0. The van der Waals surface area contributed by atoms with E-state index in [1.807, 2.05) is 7.05 Å². The quantitative estimate of drug-likeness (QED) is 0.862. The van der Waals surface area contributed by atoms with Gasteiger partial charge in [0.1, 0.15) is 0 Å². The number of morpholine rings is 1. The summed E-state index contributed by atoms with van der Waals surface area (Å²) in [5, 5.41) is 3.24. The second-order valence-corrected chi connectivity index (χ2v) is 4.75. The third-order valence-corrected chi connectivity index (χ3v) is 3.49. The maximum absolute atomic E-state index is 5.56. The molecule has 2 rings (SSSR count). The fourth-order valence-corrected chi connectivity index (χ4v) is 2.30. The highest BCUT2D eigenvalue weighted by Gasteiger charge is 2.22. The first-order valence-electron chi connectivity index (χ1n) is 6.28. The van der Waals surface area contributed by atoms with Gasteiger partial charge in [0.05, 0.1) is 19.3 Å². The number of nitrogens with one attached hydrogen (secondary N) is 1. The van der Waals surface area contributed by atoms with Crippen LogP contribution in [0.5, 0.6) is 0 Å². The minimum absolute atomic E-state index is 0.441. The summed E-state index contributed by atoms with van der Waals surface area (Å²) in [6.45, 7) is 7.92. The van der Waals surface area contributed by atoms with Crippen LogP contribution in [0.4, 0.5) is 5.69 Å². The number of benzene rings is 1. The number of aryl methyl sites for hydroxylation is 2. The van der Waals surface area contributed by atoms with E-state index in [1.165, 1.54) is 16.8 Å². The number of hydrogen-bond donors (Lipinski definition) is 1. The van der Waals surface area contributed by atoms with E-state index in [-0.39, 0.29) is 0 Å². The maximum atomic E-state index is 5.56. The van der Waals surface area contributed by atoms with Crippen LogP contribution in [0.1, 0.15) is 11.1 Å². The minimum Gasteiger partial charge on any atom is -0.377 e. The summed E-state index contributed by atoms with van der Waals surface area (Å²) >= 11 is 0. The molecule has 0 spiro atoms. The van der Waals surface area contributed by atoms with Gasteiger partial charge in [-0.3, -0.25) is 0 Å². The van der Waals surface area contributed by atoms with Crippen molar-refractivity contribution in [3.8, 4) is 0 Å². The average molecular weight is 234 g/mol. The zero-order chi connectivity index (χ0) is 12.3. The number of likely N-dealkylation sites (N-methyl/N-ethyl adjacent to an activating group) is 1. The zero-order valence-corrected chi connectivity index (χ0v) is 11.0.